The van der Waals surface area contributed by atoms with Crippen LogP contribution in [0.2, 0.25) is 0 Å². The minimum Gasteiger partial charge on any atom is -0.493 e. The highest BCUT2D eigenvalue weighted by Crippen LogP contribution is 2.39. The molecule has 1 amide bonds. The first-order valence-corrected chi connectivity index (χ1v) is 10.2. The van der Waals surface area contributed by atoms with Crippen molar-refractivity contribution < 1.29 is 19.0 Å². The van der Waals surface area contributed by atoms with Crippen molar-refractivity contribution in [2.24, 2.45) is 0 Å². The van der Waals surface area contributed by atoms with Crippen molar-refractivity contribution in [1.29, 1.82) is 0 Å². The molecule has 156 valence electrons. The lowest BCUT2D eigenvalue weighted by Crippen LogP contribution is -2.26. The lowest BCUT2D eigenvalue weighted by molar-refractivity contribution is 0.0784. The number of ether oxygens (including phenoxy) is 3. The smallest absolute Gasteiger partial charge is 0.254 e. The summed E-state index contributed by atoms with van der Waals surface area (Å²) in [6.07, 6.45) is 0. The Morgan fingerprint density at radius 3 is 2.07 bits per heavy atom. The van der Waals surface area contributed by atoms with Gasteiger partial charge in [-0.2, -0.15) is 0 Å². The Morgan fingerprint density at radius 1 is 0.900 bits per heavy atom. The molecule has 30 heavy (non-hydrogen) atoms. The number of rotatable bonds is 8. The molecule has 0 unspecified atom stereocenters. The van der Waals surface area contributed by atoms with Crippen LogP contribution in [-0.2, 0) is 13.2 Å². The molecular formula is C24H24BrNO4. The minimum atomic E-state index is -0.135. The SMILES string of the molecule is COc1cc(C(=O)N(C)Cc2ccc(Br)cc2)cc(OC)c1OCc1ccccc1. The average molecular weight is 470 g/mol. The van der Waals surface area contributed by atoms with Crippen LogP contribution in [0, 0.1) is 0 Å². The van der Waals surface area contributed by atoms with Crippen LogP contribution in [0.25, 0.3) is 0 Å². The molecule has 0 fully saturated rings. The van der Waals surface area contributed by atoms with Gasteiger partial charge in [-0.3, -0.25) is 4.79 Å². The maximum absolute atomic E-state index is 13.0. The van der Waals surface area contributed by atoms with Crippen LogP contribution in [-0.4, -0.2) is 32.1 Å². The van der Waals surface area contributed by atoms with Gasteiger partial charge in [-0.15, -0.1) is 0 Å². The molecule has 3 aromatic rings. The number of halogens is 1. The van der Waals surface area contributed by atoms with E-state index in [2.05, 4.69) is 15.9 Å². The number of carbonyl (C=O) groups is 1. The summed E-state index contributed by atoms with van der Waals surface area (Å²) in [5.74, 6) is 1.23. The molecule has 0 saturated carbocycles. The topological polar surface area (TPSA) is 48.0 Å². The van der Waals surface area contributed by atoms with Gasteiger partial charge in [0.2, 0.25) is 5.75 Å². The van der Waals surface area contributed by atoms with Crippen molar-refractivity contribution >= 4 is 21.8 Å². The third-order valence-electron chi connectivity index (χ3n) is 4.61. The molecule has 3 rings (SSSR count). The lowest BCUT2D eigenvalue weighted by atomic mass is 10.1. The molecule has 0 spiro atoms. The van der Waals surface area contributed by atoms with E-state index in [1.165, 1.54) is 0 Å². The second-order valence-corrected chi connectivity index (χ2v) is 7.69. The zero-order valence-corrected chi connectivity index (χ0v) is 18.8. The Kier molecular flexibility index (Phi) is 7.36. The lowest BCUT2D eigenvalue weighted by Gasteiger charge is -2.20. The van der Waals surface area contributed by atoms with Crippen LogP contribution in [0.1, 0.15) is 21.5 Å². The van der Waals surface area contributed by atoms with Crippen LogP contribution in [0.15, 0.2) is 71.2 Å². The highest BCUT2D eigenvalue weighted by atomic mass is 79.9. The normalized spacial score (nSPS) is 10.4. The van der Waals surface area contributed by atoms with E-state index in [1.54, 1.807) is 38.3 Å². The molecule has 5 nitrogen and oxygen atoms in total. The molecule has 0 heterocycles. The predicted octanol–water partition coefficient (Wildman–Crippen LogP) is 5.32. The van der Waals surface area contributed by atoms with E-state index in [-0.39, 0.29) is 5.91 Å². The second kappa shape index (κ2) is 10.2. The van der Waals surface area contributed by atoms with Crippen LogP contribution >= 0.6 is 15.9 Å². The average Bonchev–Trinajstić information content (AvgIpc) is 2.78. The number of benzene rings is 3. The quantitative estimate of drug-likeness (QED) is 0.447. The van der Waals surface area contributed by atoms with E-state index >= 15 is 0 Å². The molecule has 0 aliphatic rings. The highest BCUT2D eigenvalue weighted by molar-refractivity contribution is 9.10. The van der Waals surface area contributed by atoms with Crippen molar-refractivity contribution in [3.8, 4) is 17.2 Å². The summed E-state index contributed by atoms with van der Waals surface area (Å²) in [6, 6.07) is 21.1. The number of hydrogen-bond acceptors (Lipinski definition) is 4. The van der Waals surface area contributed by atoms with Crippen LogP contribution in [0.5, 0.6) is 17.2 Å². The first-order chi connectivity index (χ1) is 14.5. The Hall–Kier alpha value is -2.99. The van der Waals surface area contributed by atoms with Gasteiger partial charge in [0.15, 0.2) is 11.5 Å². The summed E-state index contributed by atoms with van der Waals surface area (Å²) in [4.78, 5) is 14.7. The maximum atomic E-state index is 13.0. The van der Waals surface area contributed by atoms with Crippen molar-refractivity contribution in [3.63, 3.8) is 0 Å². The van der Waals surface area contributed by atoms with E-state index in [4.69, 9.17) is 14.2 Å². The fraction of sp³-hybridized carbons (Fsp3) is 0.208. The molecule has 0 saturated heterocycles. The van der Waals surface area contributed by atoms with Crippen molar-refractivity contribution in [1.82, 2.24) is 4.90 Å². The van der Waals surface area contributed by atoms with E-state index in [9.17, 15) is 4.79 Å². The number of hydrogen-bond donors (Lipinski definition) is 0. The van der Waals surface area contributed by atoms with Crippen LogP contribution < -0.4 is 14.2 Å². The largest absolute Gasteiger partial charge is 0.493 e. The van der Waals surface area contributed by atoms with Gasteiger partial charge >= 0.3 is 0 Å². The highest BCUT2D eigenvalue weighted by Gasteiger charge is 2.20. The van der Waals surface area contributed by atoms with E-state index < -0.39 is 0 Å². The van der Waals surface area contributed by atoms with Crippen LogP contribution in [0.3, 0.4) is 0 Å². The van der Waals surface area contributed by atoms with Gasteiger partial charge < -0.3 is 19.1 Å². The van der Waals surface area contributed by atoms with Gasteiger partial charge in [-0.25, -0.2) is 0 Å². The zero-order valence-electron chi connectivity index (χ0n) is 17.2. The Labute approximate surface area is 185 Å². The predicted molar refractivity (Wildman–Crippen MR) is 120 cm³/mol. The van der Waals surface area contributed by atoms with Gasteiger partial charge in [0.05, 0.1) is 14.2 Å². The third-order valence-corrected chi connectivity index (χ3v) is 5.14. The van der Waals surface area contributed by atoms with Crippen molar-refractivity contribution in [2.45, 2.75) is 13.2 Å². The summed E-state index contributed by atoms with van der Waals surface area (Å²) >= 11 is 3.42. The molecule has 0 aliphatic heterocycles. The van der Waals surface area contributed by atoms with Crippen LogP contribution in [0.4, 0.5) is 0 Å². The maximum Gasteiger partial charge on any atom is 0.254 e. The zero-order chi connectivity index (χ0) is 21.5. The second-order valence-electron chi connectivity index (χ2n) is 6.77. The molecule has 0 radical (unpaired) electrons. The Balaban J connectivity index is 1.80. The fourth-order valence-electron chi connectivity index (χ4n) is 3.03. The summed E-state index contributed by atoms with van der Waals surface area (Å²) < 4.78 is 18.0. The Bertz CT molecular complexity index is 965. The first kappa shape index (κ1) is 21.7. The van der Waals surface area contributed by atoms with Gasteiger partial charge in [-0.05, 0) is 35.4 Å². The van der Waals surface area contributed by atoms with E-state index in [0.717, 1.165) is 15.6 Å². The number of methoxy groups -OCH3 is 2. The number of amides is 1. The first-order valence-electron chi connectivity index (χ1n) is 9.44. The van der Waals surface area contributed by atoms with Gasteiger partial charge in [0, 0.05) is 23.6 Å². The van der Waals surface area contributed by atoms with Crippen molar-refractivity contribution in [3.05, 3.63) is 87.9 Å². The standard InChI is InChI=1S/C24H24BrNO4/c1-26(15-17-9-11-20(25)12-10-17)24(27)19-13-21(28-2)23(22(14-19)29-3)30-16-18-7-5-4-6-8-18/h4-14H,15-16H2,1-3H3. The molecule has 0 aromatic heterocycles. The van der Waals surface area contributed by atoms with Gasteiger partial charge in [0.25, 0.3) is 5.91 Å². The molecule has 0 aliphatic carbocycles. The summed E-state index contributed by atoms with van der Waals surface area (Å²) in [6.45, 7) is 0.854. The Morgan fingerprint density at radius 2 is 1.50 bits per heavy atom. The summed E-state index contributed by atoms with van der Waals surface area (Å²) in [5.41, 5.74) is 2.53. The number of carbonyl (C=O) groups excluding carboxylic acids is 1. The molecule has 6 heteroatoms. The molecular weight excluding hydrogens is 446 g/mol. The van der Waals surface area contributed by atoms with Gasteiger partial charge in [0.1, 0.15) is 6.61 Å². The van der Waals surface area contributed by atoms with E-state index in [0.29, 0.717) is 36.0 Å². The minimum absolute atomic E-state index is 0.135. The van der Waals surface area contributed by atoms with Gasteiger partial charge in [-0.1, -0.05) is 58.4 Å². The molecule has 0 atom stereocenters. The van der Waals surface area contributed by atoms with E-state index in [1.807, 2.05) is 54.6 Å². The van der Waals surface area contributed by atoms with Crippen molar-refractivity contribution in [2.75, 3.05) is 21.3 Å². The monoisotopic (exact) mass is 469 g/mol. The summed E-state index contributed by atoms with van der Waals surface area (Å²) in [5, 5.41) is 0. The summed E-state index contributed by atoms with van der Waals surface area (Å²) in [7, 11) is 4.86. The molecule has 3 aromatic carbocycles. The third kappa shape index (κ3) is 5.33. The fourth-order valence-corrected chi connectivity index (χ4v) is 3.30. The molecule has 0 N–H and O–H groups in total. The number of nitrogens with zero attached hydrogens (tertiary/aromatic N) is 1. The molecule has 0 bridgehead atoms.